The van der Waals surface area contributed by atoms with Gasteiger partial charge in [-0.25, -0.2) is 4.98 Å². The van der Waals surface area contributed by atoms with Crippen molar-refractivity contribution in [2.75, 3.05) is 12.3 Å². The molecular weight excluding hydrogens is 308 g/mol. The maximum Gasteiger partial charge on any atom is 0.255 e. The quantitative estimate of drug-likeness (QED) is 0.816. The molecule has 0 aliphatic carbocycles. The van der Waals surface area contributed by atoms with Crippen molar-refractivity contribution < 1.29 is 4.79 Å². The van der Waals surface area contributed by atoms with Crippen molar-refractivity contribution in [1.82, 2.24) is 14.5 Å². The number of fused-ring (bicyclic) bond motifs is 1. The number of anilines is 1. The highest BCUT2D eigenvalue weighted by atomic mass is 79.9. The highest BCUT2D eigenvalue weighted by molar-refractivity contribution is 9.10. The molecule has 0 radical (unpaired) electrons. The summed E-state index contributed by atoms with van der Waals surface area (Å²) in [5.41, 5.74) is 6.93. The van der Waals surface area contributed by atoms with E-state index in [4.69, 9.17) is 5.73 Å². The fourth-order valence-electron chi connectivity index (χ4n) is 2.22. The van der Waals surface area contributed by atoms with Crippen molar-refractivity contribution in [3.8, 4) is 0 Å². The number of carbonyl (C=O) groups is 1. The predicted molar refractivity (Wildman–Crippen MR) is 75.5 cm³/mol. The van der Waals surface area contributed by atoms with E-state index in [1.165, 1.54) is 0 Å². The van der Waals surface area contributed by atoms with Crippen LogP contribution in [0.2, 0.25) is 0 Å². The van der Waals surface area contributed by atoms with Crippen LogP contribution in [0.3, 0.4) is 0 Å². The summed E-state index contributed by atoms with van der Waals surface area (Å²) in [6, 6.07) is 5.27. The number of nitrogens with two attached hydrogens (primary N) is 1. The highest BCUT2D eigenvalue weighted by Gasteiger charge is 2.23. The van der Waals surface area contributed by atoms with E-state index in [0.717, 1.165) is 16.8 Å². The van der Waals surface area contributed by atoms with Crippen molar-refractivity contribution in [2.45, 2.75) is 13.1 Å². The topological polar surface area (TPSA) is 64.2 Å². The Morgan fingerprint density at radius 3 is 3.05 bits per heavy atom. The third-order valence-corrected chi connectivity index (χ3v) is 3.94. The van der Waals surface area contributed by atoms with E-state index in [-0.39, 0.29) is 5.91 Å². The summed E-state index contributed by atoms with van der Waals surface area (Å²) in [7, 11) is 0. The van der Waals surface area contributed by atoms with E-state index in [1.807, 2.05) is 6.20 Å². The lowest BCUT2D eigenvalue weighted by molar-refractivity contribution is 0.0706. The molecule has 2 N–H and O–H groups in total. The fourth-order valence-corrected chi connectivity index (χ4v) is 2.64. The second kappa shape index (κ2) is 4.70. The largest absolute Gasteiger partial charge is 0.399 e. The Balaban J connectivity index is 1.87. The molecule has 6 heteroatoms. The first-order chi connectivity index (χ1) is 9.15. The molecule has 0 saturated carbocycles. The van der Waals surface area contributed by atoms with Gasteiger partial charge in [0.05, 0.1) is 12.1 Å². The molecule has 0 fully saturated rings. The predicted octanol–water partition coefficient (Wildman–Crippen LogP) is 1.88. The van der Waals surface area contributed by atoms with Gasteiger partial charge in [-0.3, -0.25) is 4.79 Å². The lowest BCUT2D eigenvalue weighted by atomic mass is 10.1. The first kappa shape index (κ1) is 12.2. The average molecular weight is 321 g/mol. The van der Waals surface area contributed by atoms with Gasteiger partial charge in [0.15, 0.2) is 0 Å². The number of carbonyl (C=O) groups excluding carboxylic acids is 1. The summed E-state index contributed by atoms with van der Waals surface area (Å²) < 4.78 is 2.83. The Hall–Kier alpha value is -1.82. The molecule has 0 saturated heterocycles. The van der Waals surface area contributed by atoms with Crippen molar-refractivity contribution >= 4 is 27.5 Å². The van der Waals surface area contributed by atoms with Gasteiger partial charge >= 0.3 is 0 Å². The number of hydrogen-bond donors (Lipinski definition) is 1. The van der Waals surface area contributed by atoms with Gasteiger partial charge in [0.2, 0.25) is 0 Å². The van der Waals surface area contributed by atoms with Crippen molar-refractivity contribution in [1.29, 1.82) is 0 Å². The molecule has 1 aliphatic rings. The van der Waals surface area contributed by atoms with Gasteiger partial charge < -0.3 is 15.2 Å². The number of nitrogen functional groups attached to an aromatic ring is 1. The van der Waals surface area contributed by atoms with Gasteiger partial charge in [-0.2, -0.15) is 0 Å². The van der Waals surface area contributed by atoms with E-state index in [2.05, 4.69) is 25.5 Å². The molecule has 1 amide bonds. The number of benzene rings is 1. The number of rotatable bonds is 1. The Labute approximate surface area is 119 Å². The zero-order chi connectivity index (χ0) is 13.4. The Morgan fingerprint density at radius 1 is 1.37 bits per heavy atom. The molecule has 3 rings (SSSR count). The summed E-state index contributed by atoms with van der Waals surface area (Å²) in [6.45, 7) is 2.00. The zero-order valence-corrected chi connectivity index (χ0v) is 11.8. The van der Waals surface area contributed by atoms with Crippen LogP contribution in [0.25, 0.3) is 0 Å². The van der Waals surface area contributed by atoms with Gasteiger partial charge in [-0.05, 0) is 34.1 Å². The van der Waals surface area contributed by atoms with E-state index in [0.29, 0.717) is 24.3 Å². The van der Waals surface area contributed by atoms with Gasteiger partial charge in [0, 0.05) is 35.6 Å². The van der Waals surface area contributed by atoms with Crippen LogP contribution in [0, 0.1) is 0 Å². The second-order valence-electron chi connectivity index (χ2n) is 4.50. The summed E-state index contributed by atoms with van der Waals surface area (Å²) in [4.78, 5) is 18.6. The minimum atomic E-state index is -0.0200. The molecular formula is C13H13BrN4O. The van der Waals surface area contributed by atoms with Crippen LogP contribution >= 0.6 is 15.9 Å². The number of aromatic nitrogens is 2. The van der Waals surface area contributed by atoms with Gasteiger partial charge in [-0.1, -0.05) is 0 Å². The maximum absolute atomic E-state index is 12.5. The van der Waals surface area contributed by atoms with Crippen molar-refractivity contribution in [3.05, 3.63) is 46.5 Å². The molecule has 0 atom stereocenters. The standard InChI is InChI=1S/C13H13BrN4O/c14-11-2-1-9(15)7-10(11)13(19)18-6-5-17-4-3-16-12(17)8-18/h1-4,7H,5-6,8,15H2. The van der Waals surface area contributed by atoms with E-state index < -0.39 is 0 Å². The molecule has 2 aromatic rings. The maximum atomic E-state index is 12.5. The molecule has 5 nitrogen and oxygen atoms in total. The number of nitrogens with zero attached hydrogens (tertiary/aromatic N) is 3. The van der Waals surface area contributed by atoms with Gasteiger partial charge in [0.25, 0.3) is 5.91 Å². The van der Waals surface area contributed by atoms with Crippen LogP contribution in [0.15, 0.2) is 35.1 Å². The van der Waals surface area contributed by atoms with Crippen LogP contribution in [0.4, 0.5) is 5.69 Å². The highest BCUT2D eigenvalue weighted by Crippen LogP contribution is 2.23. The molecule has 0 unspecified atom stereocenters. The van der Waals surface area contributed by atoms with Gasteiger partial charge in [0.1, 0.15) is 5.82 Å². The van der Waals surface area contributed by atoms with Crippen LogP contribution in [0.1, 0.15) is 16.2 Å². The number of halogens is 1. The minimum absolute atomic E-state index is 0.0200. The monoisotopic (exact) mass is 320 g/mol. The van der Waals surface area contributed by atoms with Crippen LogP contribution in [-0.4, -0.2) is 26.9 Å². The Bertz CT molecular complexity index is 637. The minimum Gasteiger partial charge on any atom is -0.399 e. The van der Waals surface area contributed by atoms with Crippen LogP contribution < -0.4 is 5.73 Å². The smallest absolute Gasteiger partial charge is 0.255 e. The van der Waals surface area contributed by atoms with E-state index in [9.17, 15) is 4.79 Å². The SMILES string of the molecule is Nc1ccc(Br)c(C(=O)N2CCn3ccnc3C2)c1. The molecule has 1 aromatic heterocycles. The van der Waals surface area contributed by atoms with Gasteiger partial charge in [-0.15, -0.1) is 0 Å². The molecule has 1 aromatic carbocycles. The Kier molecular flexibility index (Phi) is 3.02. The Morgan fingerprint density at radius 2 is 2.21 bits per heavy atom. The van der Waals surface area contributed by atoms with Crippen LogP contribution in [-0.2, 0) is 13.1 Å². The number of hydrogen-bond acceptors (Lipinski definition) is 3. The summed E-state index contributed by atoms with van der Waals surface area (Å²) in [5.74, 6) is 0.896. The van der Waals surface area contributed by atoms with E-state index in [1.54, 1.807) is 29.3 Å². The first-order valence-corrected chi connectivity index (χ1v) is 6.79. The average Bonchev–Trinajstić information content (AvgIpc) is 2.88. The third-order valence-electron chi connectivity index (χ3n) is 3.25. The first-order valence-electron chi connectivity index (χ1n) is 5.99. The van der Waals surface area contributed by atoms with Crippen molar-refractivity contribution in [3.63, 3.8) is 0 Å². The molecule has 0 bridgehead atoms. The summed E-state index contributed by atoms with van der Waals surface area (Å²) in [5, 5.41) is 0. The molecule has 2 heterocycles. The lowest BCUT2D eigenvalue weighted by Gasteiger charge is -2.28. The van der Waals surface area contributed by atoms with Crippen LogP contribution in [0.5, 0.6) is 0 Å². The normalized spacial score (nSPS) is 14.3. The molecule has 0 spiro atoms. The summed E-state index contributed by atoms with van der Waals surface area (Å²) >= 11 is 3.40. The third kappa shape index (κ3) is 2.23. The molecule has 19 heavy (non-hydrogen) atoms. The number of imidazole rings is 1. The summed E-state index contributed by atoms with van der Waals surface area (Å²) in [6.07, 6.45) is 3.70. The van der Waals surface area contributed by atoms with Crippen molar-refractivity contribution in [2.24, 2.45) is 0 Å². The number of amides is 1. The molecule has 1 aliphatic heterocycles. The second-order valence-corrected chi connectivity index (χ2v) is 5.36. The fraction of sp³-hybridized carbons (Fsp3) is 0.231. The molecule has 98 valence electrons. The zero-order valence-electron chi connectivity index (χ0n) is 10.2. The lowest BCUT2D eigenvalue weighted by Crippen LogP contribution is -2.38. The van der Waals surface area contributed by atoms with E-state index >= 15 is 0 Å².